The van der Waals surface area contributed by atoms with Gasteiger partial charge in [0, 0.05) is 45.3 Å². The Kier molecular flexibility index (Phi) is 5.31. The van der Waals surface area contributed by atoms with Crippen molar-refractivity contribution in [1.29, 1.82) is 0 Å². The topological polar surface area (TPSA) is 27.7 Å². The molecule has 1 N–H and O–H groups in total. The van der Waals surface area contributed by atoms with Crippen LogP contribution in [-0.4, -0.2) is 55.1 Å². The summed E-state index contributed by atoms with van der Waals surface area (Å²) in [5, 5.41) is 3.48. The maximum Gasteiger partial charge on any atom is 0.127 e. The van der Waals surface area contributed by atoms with Crippen LogP contribution in [0.15, 0.2) is 54.6 Å². The molecule has 4 heteroatoms. The lowest BCUT2D eigenvalue weighted by atomic mass is 10.1. The van der Waals surface area contributed by atoms with Gasteiger partial charge in [-0.3, -0.25) is 9.80 Å². The molecule has 0 saturated carbocycles. The fourth-order valence-corrected chi connectivity index (χ4v) is 3.83. The van der Waals surface area contributed by atoms with Crippen molar-refractivity contribution < 1.29 is 4.74 Å². The summed E-state index contributed by atoms with van der Waals surface area (Å²) in [6.45, 7) is 8.03. The van der Waals surface area contributed by atoms with E-state index >= 15 is 0 Å². The van der Waals surface area contributed by atoms with Gasteiger partial charge in [0.15, 0.2) is 0 Å². The summed E-state index contributed by atoms with van der Waals surface area (Å²) >= 11 is 0. The zero-order valence-electron chi connectivity index (χ0n) is 14.7. The Bertz CT molecular complexity index is 662. The van der Waals surface area contributed by atoms with Crippen molar-refractivity contribution in [3.05, 3.63) is 60.2 Å². The van der Waals surface area contributed by atoms with Crippen molar-refractivity contribution in [2.75, 3.05) is 39.3 Å². The standard InChI is InChI=1S/C21H27N3O/c1-2-6-20(7-3-1)25-21-8-4-5-18(15-21)17-23-11-13-24(14-12-23)19-9-10-22-16-19/h1-8,15,19,22H,9-14,16-17H2. The van der Waals surface area contributed by atoms with Crippen LogP contribution in [0.2, 0.25) is 0 Å². The molecule has 1 atom stereocenters. The number of hydrogen-bond acceptors (Lipinski definition) is 4. The molecule has 2 aromatic carbocycles. The van der Waals surface area contributed by atoms with Crippen LogP contribution in [0, 0.1) is 0 Å². The van der Waals surface area contributed by atoms with Crippen molar-refractivity contribution >= 4 is 0 Å². The summed E-state index contributed by atoms with van der Waals surface area (Å²) in [5.74, 6) is 1.80. The van der Waals surface area contributed by atoms with E-state index in [1.54, 1.807) is 0 Å². The zero-order chi connectivity index (χ0) is 16.9. The molecule has 2 aromatic rings. The molecule has 0 spiro atoms. The molecule has 1 unspecified atom stereocenters. The molecule has 2 saturated heterocycles. The van der Waals surface area contributed by atoms with Gasteiger partial charge in [-0.1, -0.05) is 30.3 Å². The Morgan fingerprint density at radius 1 is 0.920 bits per heavy atom. The van der Waals surface area contributed by atoms with Crippen molar-refractivity contribution in [3.63, 3.8) is 0 Å². The molecule has 0 aliphatic carbocycles. The number of piperazine rings is 1. The van der Waals surface area contributed by atoms with Crippen LogP contribution >= 0.6 is 0 Å². The van der Waals surface area contributed by atoms with Crippen molar-refractivity contribution in [3.8, 4) is 11.5 Å². The second-order valence-corrected chi connectivity index (χ2v) is 7.02. The average molecular weight is 337 g/mol. The third kappa shape index (κ3) is 4.40. The van der Waals surface area contributed by atoms with Gasteiger partial charge in [-0.25, -0.2) is 0 Å². The quantitative estimate of drug-likeness (QED) is 0.908. The number of hydrogen-bond donors (Lipinski definition) is 1. The highest BCUT2D eigenvalue weighted by atomic mass is 16.5. The van der Waals surface area contributed by atoms with Crippen molar-refractivity contribution in [2.45, 2.75) is 19.0 Å². The average Bonchev–Trinajstić information content (AvgIpc) is 3.18. The molecular weight excluding hydrogens is 310 g/mol. The highest BCUT2D eigenvalue weighted by molar-refractivity contribution is 5.33. The minimum absolute atomic E-state index is 0.754. The van der Waals surface area contributed by atoms with E-state index in [0.717, 1.165) is 37.2 Å². The molecule has 0 amide bonds. The van der Waals surface area contributed by atoms with E-state index in [1.165, 1.54) is 38.2 Å². The van der Waals surface area contributed by atoms with Gasteiger partial charge in [-0.2, -0.15) is 0 Å². The Morgan fingerprint density at radius 2 is 1.72 bits per heavy atom. The van der Waals surface area contributed by atoms with Crippen molar-refractivity contribution in [1.82, 2.24) is 15.1 Å². The first-order chi connectivity index (χ1) is 12.4. The summed E-state index contributed by atoms with van der Waals surface area (Å²) in [5.41, 5.74) is 1.32. The molecule has 2 heterocycles. The van der Waals surface area contributed by atoms with Crippen LogP contribution in [0.25, 0.3) is 0 Å². The SMILES string of the molecule is c1ccc(Oc2cccc(CN3CCN(C4CCNC4)CC3)c2)cc1. The molecular formula is C21H27N3O. The van der Waals surface area contributed by atoms with Crippen LogP contribution in [0.4, 0.5) is 0 Å². The van der Waals surface area contributed by atoms with Gasteiger partial charge in [-0.15, -0.1) is 0 Å². The monoisotopic (exact) mass is 337 g/mol. The molecule has 2 aliphatic rings. The van der Waals surface area contributed by atoms with Gasteiger partial charge in [0.2, 0.25) is 0 Å². The molecule has 4 rings (SSSR count). The van der Waals surface area contributed by atoms with E-state index in [4.69, 9.17) is 4.74 Å². The third-order valence-corrected chi connectivity index (χ3v) is 5.24. The fraction of sp³-hybridized carbons (Fsp3) is 0.429. The Hall–Kier alpha value is -1.88. The Morgan fingerprint density at radius 3 is 2.48 bits per heavy atom. The first-order valence-corrected chi connectivity index (χ1v) is 9.36. The predicted molar refractivity (Wildman–Crippen MR) is 101 cm³/mol. The van der Waals surface area contributed by atoms with Gasteiger partial charge >= 0.3 is 0 Å². The molecule has 25 heavy (non-hydrogen) atoms. The van der Waals surface area contributed by atoms with Gasteiger partial charge < -0.3 is 10.1 Å². The highest BCUT2D eigenvalue weighted by Gasteiger charge is 2.25. The summed E-state index contributed by atoms with van der Waals surface area (Å²) < 4.78 is 5.96. The fourth-order valence-electron chi connectivity index (χ4n) is 3.83. The number of nitrogens with one attached hydrogen (secondary N) is 1. The molecule has 0 bridgehead atoms. The van der Waals surface area contributed by atoms with E-state index in [0.29, 0.717) is 0 Å². The Balaban J connectivity index is 1.31. The molecule has 0 aromatic heterocycles. The second-order valence-electron chi connectivity index (χ2n) is 7.02. The van der Waals surface area contributed by atoms with E-state index in [9.17, 15) is 0 Å². The second kappa shape index (κ2) is 8.00. The van der Waals surface area contributed by atoms with Crippen LogP contribution < -0.4 is 10.1 Å². The molecule has 4 nitrogen and oxygen atoms in total. The van der Waals surface area contributed by atoms with Crippen LogP contribution in [0.3, 0.4) is 0 Å². The summed E-state index contributed by atoms with van der Waals surface area (Å²) in [4.78, 5) is 5.21. The maximum absolute atomic E-state index is 5.96. The summed E-state index contributed by atoms with van der Waals surface area (Å²) in [6.07, 6.45) is 1.30. The lowest BCUT2D eigenvalue weighted by Gasteiger charge is -2.37. The van der Waals surface area contributed by atoms with Gasteiger partial charge in [0.05, 0.1) is 0 Å². The third-order valence-electron chi connectivity index (χ3n) is 5.24. The smallest absolute Gasteiger partial charge is 0.127 e. The largest absolute Gasteiger partial charge is 0.457 e. The number of para-hydroxylation sites is 1. The highest BCUT2D eigenvalue weighted by Crippen LogP contribution is 2.23. The zero-order valence-corrected chi connectivity index (χ0v) is 14.7. The normalized spacial score (nSPS) is 22.2. The lowest BCUT2D eigenvalue weighted by Crippen LogP contribution is -2.50. The number of ether oxygens (including phenoxy) is 1. The number of benzene rings is 2. The Labute approximate surface area is 150 Å². The van der Waals surface area contributed by atoms with Crippen LogP contribution in [0.5, 0.6) is 11.5 Å². The summed E-state index contributed by atoms with van der Waals surface area (Å²) in [6, 6.07) is 19.2. The number of nitrogens with zero attached hydrogens (tertiary/aromatic N) is 2. The van der Waals surface area contributed by atoms with Crippen LogP contribution in [0.1, 0.15) is 12.0 Å². The van der Waals surface area contributed by atoms with E-state index in [-0.39, 0.29) is 0 Å². The maximum atomic E-state index is 5.96. The molecule has 132 valence electrons. The van der Waals surface area contributed by atoms with Gasteiger partial charge in [0.1, 0.15) is 11.5 Å². The number of rotatable bonds is 5. The summed E-state index contributed by atoms with van der Waals surface area (Å²) in [7, 11) is 0. The molecule has 2 aliphatic heterocycles. The minimum atomic E-state index is 0.754. The first kappa shape index (κ1) is 16.6. The van der Waals surface area contributed by atoms with E-state index in [2.05, 4.69) is 33.3 Å². The predicted octanol–water partition coefficient (Wildman–Crippen LogP) is 2.96. The lowest BCUT2D eigenvalue weighted by molar-refractivity contribution is 0.0981. The minimum Gasteiger partial charge on any atom is -0.457 e. The first-order valence-electron chi connectivity index (χ1n) is 9.36. The van der Waals surface area contributed by atoms with Crippen molar-refractivity contribution in [2.24, 2.45) is 0 Å². The molecule has 2 fully saturated rings. The van der Waals surface area contributed by atoms with E-state index < -0.39 is 0 Å². The van der Waals surface area contributed by atoms with Gasteiger partial charge in [0.25, 0.3) is 0 Å². The van der Waals surface area contributed by atoms with E-state index in [1.807, 2.05) is 36.4 Å². The van der Waals surface area contributed by atoms with Crippen LogP contribution in [-0.2, 0) is 6.54 Å². The van der Waals surface area contributed by atoms with Gasteiger partial charge in [-0.05, 0) is 42.8 Å². The molecule has 0 radical (unpaired) electrons.